The molecule has 11 heteroatoms. The normalized spacial score (nSPS) is 24.3. The molecule has 1 amide bonds. The molecule has 1 aliphatic carbocycles. The Bertz CT molecular complexity index is 1160. The molecule has 2 atom stereocenters. The zero-order chi connectivity index (χ0) is 24.6. The van der Waals surface area contributed by atoms with Gasteiger partial charge in [-0.25, -0.2) is 14.6 Å². The van der Waals surface area contributed by atoms with Crippen molar-refractivity contribution in [1.82, 2.24) is 14.9 Å². The Balaban J connectivity index is 1.29. The van der Waals surface area contributed by atoms with Crippen LogP contribution in [0.1, 0.15) is 26.2 Å². The number of hydrogen-bond donors (Lipinski definition) is 1. The number of piperidine rings is 1. The quantitative estimate of drug-likeness (QED) is 0.559. The summed E-state index contributed by atoms with van der Waals surface area (Å²) < 4.78 is 32.8. The van der Waals surface area contributed by atoms with E-state index < -0.39 is 5.82 Å². The van der Waals surface area contributed by atoms with Crippen LogP contribution in [0.25, 0.3) is 4.85 Å². The van der Waals surface area contributed by atoms with Crippen molar-refractivity contribution in [2.75, 3.05) is 31.6 Å². The topological polar surface area (TPSA) is 90.2 Å². The van der Waals surface area contributed by atoms with Crippen LogP contribution in [0.4, 0.5) is 26.4 Å². The molecule has 0 radical (unpaired) electrons. The Morgan fingerprint density at radius 1 is 1.34 bits per heavy atom. The molecule has 3 aliphatic rings. The fourth-order valence-electron chi connectivity index (χ4n) is 4.61. The number of benzene rings is 1. The van der Waals surface area contributed by atoms with E-state index in [1.165, 1.54) is 12.4 Å². The zero-order valence-electron chi connectivity index (χ0n) is 19.2. The summed E-state index contributed by atoms with van der Waals surface area (Å²) >= 11 is 6.20. The highest BCUT2D eigenvalue weighted by atomic mass is 35.5. The summed E-state index contributed by atoms with van der Waals surface area (Å²) in [6.07, 6.45) is 3.16. The molecule has 0 spiro atoms. The minimum atomic E-state index is -0.753. The maximum atomic E-state index is 15.3. The highest BCUT2D eigenvalue weighted by Crippen LogP contribution is 2.43. The van der Waals surface area contributed by atoms with E-state index in [-0.39, 0.29) is 46.4 Å². The molecule has 35 heavy (non-hydrogen) atoms. The van der Waals surface area contributed by atoms with Crippen molar-refractivity contribution in [3.05, 3.63) is 46.8 Å². The van der Waals surface area contributed by atoms with Crippen LogP contribution in [0.15, 0.2) is 24.5 Å². The monoisotopic (exact) mass is 501 g/mol. The maximum absolute atomic E-state index is 15.3. The van der Waals surface area contributed by atoms with Gasteiger partial charge in [-0.3, -0.25) is 0 Å². The molecule has 3 heterocycles. The van der Waals surface area contributed by atoms with Crippen molar-refractivity contribution in [2.45, 2.75) is 37.9 Å². The second kappa shape index (κ2) is 9.47. The summed E-state index contributed by atoms with van der Waals surface area (Å²) in [6.45, 7) is 10.7. The number of amides is 1. The van der Waals surface area contributed by atoms with Crippen LogP contribution in [0.5, 0.6) is 5.88 Å². The summed E-state index contributed by atoms with van der Waals surface area (Å²) in [7, 11) is 0. The number of anilines is 2. The van der Waals surface area contributed by atoms with Crippen molar-refractivity contribution in [3.63, 3.8) is 0 Å². The number of rotatable bonds is 6. The predicted molar refractivity (Wildman–Crippen MR) is 126 cm³/mol. The lowest BCUT2D eigenvalue weighted by atomic mass is 9.84. The lowest BCUT2D eigenvalue weighted by molar-refractivity contribution is -0.113. The van der Waals surface area contributed by atoms with Crippen LogP contribution < -0.4 is 10.1 Å². The van der Waals surface area contributed by atoms with E-state index in [0.717, 1.165) is 19.3 Å². The molecular weight excluding hydrogens is 477 g/mol. The van der Waals surface area contributed by atoms with Gasteiger partial charge in [0.2, 0.25) is 5.82 Å². The molecule has 5 rings (SSSR count). The van der Waals surface area contributed by atoms with Gasteiger partial charge in [0.25, 0.3) is 5.88 Å². The van der Waals surface area contributed by atoms with Crippen molar-refractivity contribution in [1.29, 1.82) is 0 Å². The summed E-state index contributed by atoms with van der Waals surface area (Å²) in [6, 6.07) is 4.64. The highest BCUT2D eigenvalue weighted by molar-refractivity contribution is 6.33. The molecule has 2 unspecified atom stereocenters. The molecule has 9 nitrogen and oxygen atoms in total. The third-order valence-corrected chi connectivity index (χ3v) is 7.17. The first-order chi connectivity index (χ1) is 16.9. The van der Waals surface area contributed by atoms with Crippen LogP contribution in [-0.4, -0.2) is 59.0 Å². The van der Waals surface area contributed by atoms with Crippen LogP contribution in [0.2, 0.25) is 5.02 Å². The first-order valence-corrected chi connectivity index (χ1v) is 12.0. The Kier molecular flexibility index (Phi) is 6.38. The SMILES string of the molecule is [C-]#[N+]c1ccc(Nc2ncnc(OC3C4COCC3CN(C(=O)OC3(CC)CC3)C4)c2F)c(Cl)c1. The fourth-order valence-corrected chi connectivity index (χ4v) is 4.83. The summed E-state index contributed by atoms with van der Waals surface area (Å²) in [5, 5.41) is 3.10. The van der Waals surface area contributed by atoms with E-state index in [0.29, 0.717) is 37.7 Å². The Morgan fingerprint density at radius 2 is 2.09 bits per heavy atom. The number of carbonyl (C=O) groups is 1. The van der Waals surface area contributed by atoms with Gasteiger partial charge in [-0.2, -0.15) is 9.37 Å². The number of fused-ring (bicyclic) bond motifs is 2. The average molecular weight is 502 g/mol. The Hall–Kier alpha value is -3.16. The minimum absolute atomic E-state index is 0.0933. The molecule has 2 saturated heterocycles. The number of nitrogens with zero attached hydrogens (tertiary/aromatic N) is 4. The van der Waals surface area contributed by atoms with Gasteiger partial charge in [0.15, 0.2) is 11.5 Å². The van der Waals surface area contributed by atoms with Gasteiger partial charge in [0, 0.05) is 24.9 Å². The second-order valence-electron chi connectivity index (χ2n) is 9.19. The number of likely N-dealkylation sites (tertiary alicyclic amines) is 1. The molecule has 2 aliphatic heterocycles. The maximum Gasteiger partial charge on any atom is 0.410 e. The number of ether oxygens (including phenoxy) is 3. The van der Waals surface area contributed by atoms with Crippen LogP contribution in [0, 0.1) is 24.2 Å². The van der Waals surface area contributed by atoms with E-state index in [9.17, 15) is 4.79 Å². The Labute approximate surface area is 207 Å². The molecule has 1 aromatic heterocycles. The molecule has 1 N–H and O–H groups in total. The van der Waals surface area contributed by atoms with Crippen molar-refractivity contribution in [3.8, 4) is 5.88 Å². The molecule has 1 saturated carbocycles. The molecule has 2 aromatic rings. The van der Waals surface area contributed by atoms with Gasteiger partial charge in [-0.1, -0.05) is 24.6 Å². The first-order valence-electron chi connectivity index (χ1n) is 11.6. The smallest absolute Gasteiger partial charge is 0.410 e. The van der Waals surface area contributed by atoms with E-state index in [4.69, 9.17) is 32.4 Å². The molecule has 3 fully saturated rings. The second-order valence-corrected chi connectivity index (χ2v) is 9.60. The number of aromatic nitrogens is 2. The van der Waals surface area contributed by atoms with Gasteiger partial charge < -0.3 is 24.4 Å². The lowest BCUT2D eigenvalue weighted by Gasteiger charge is -2.46. The number of hydrogen-bond acceptors (Lipinski definition) is 7. The molecule has 184 valence electrons. The van der Waals surface area contributed by atoms with Gasteiger partial charge in [0.1, 0.15) is 18.0 Å². The van der Waals surface area contributed by atoms with Crippen molar-refractivity contribution < 1.29 is 23.4 Å². The summed E-state index contributed by atoms with van der Waals surface area (Å²) in [5.74, 6) is -1.32. The van der Waals surface area contributed by atoms with E-state index in [1.54, 1.807) is 17.0 Å². The van der Waals surface area contributed by atoms with Gasteiger partial charge in [-0.05, 0) is 31.4 Å². The van der Waals surface area contributed by atoms with Crippen LogP contribution in [-0.2, 0) is 9.47 Å². The number of carbonyl (C=O) groups excluding carboxylic acids is 1. The molecule has 1 aromatic carbocycles. The fraction of sp³-hybridized carbons (Fsp3) is 0.500. The summed E-state index contributed by atoms with van der Waals surface area (Å²) in [5.41, 5.74) is 0.474. The van der Waals surface area contributed by atoms with Crippen molar-refractivity contribution in [2.24, 2.45) is 11.8 Å². The Morgan fingerprint density at radius 3 is 2.71 bits per heavy atom. The van der Waals surface area contributed by atoms with Crippen LogP contribution in [0.3, 0.4) is 0 Å². The largest absolute Gasteiger partial charge is 0.471 e. The average Bonchev–Trinajstić information content (AvgIpc) is 3.62. The standard InChI is InChI=1S/C24H25ClFN5O4/c1-3-24(6-7-24)35-23(32)31-9-14-11-33-12-15(10-31)20(14)34-22-19(26)21(28-13-29-22)30-18-5-4-16(27-2)8-17(18)25/h4-5,8,13-15,20H,3,6-7,9-12H2,1H3,(H,28,29,30). The summed E-state index contributed by atoms with van der Waals surface area (Å²) in [4.78, 5) is 25.8. The minimum Gasteiger partial charge on any atom is -0.471 e. The van der Waals surface area contributed by atoms with E-state index in [1.807, 2.05) is 6.92 Å². The van der Waals surface area contributed by atoms with E-state index >= 15 is 4.39 Å². The van der Waals surface area contributed by atoms with Gasteiger partial charge in [0.05, 0.1) is 30.5 Å². The third kappa shape index (κ3) is 4.83. The lowest BCUT2D eigenvalue weighted by Crippen LogP contribution is -2.59. The molecule has 2 bridgehead atoms. The van der Waals surface area contributed by atoms with Gasteiger partial charge >= 0.3 is 6.09 Å². The predicted octanol–water partition coefficient (Wildman–Crippen LogP) is 4.97. The molecular formula is C24H25ClFN5O4. The number of nitrogens with one attached hydrogen (secondary N) is 1. The highest BCUT2D eigenvalue weighted by Gasteiger charge is 2.49. The van der Waals surface area contributed by atoms with Crippen LogP contribution >= 0.6 is 11.6 Å². The van der Waals surface area contributed by atoms with Crippen molar-refractivity contribution >= 4 is 34.9 Å². The third-order valence-electron chi connectivity index (χ3n) is 6.86. The van der Waals surface area contributed by atoms with Gasteiger partial charge in [-0.15, -0.1) is 0 Å². The van der Waals surface area contributed by atoms with E-state index in [2.05, 4.69) is 20.1 Å². The zero-order valence-corrected chi connectivity index (χ0v) is 19.9. The first kappa shape index (κ1) is 23.6. The number of halogens is 2.